The molecule has 0 fully saturated rings. The van der Waals surface area contributed by atoms with Crippen molar-refractivity contribution in [2.45, 2.75) is 12.8 Å². The molecule has 0 bridgehead atoms. The third-order valence-corrected chi connectivity index (χ3v) is 7.49. The van der Waals surface area contributed by atoms with E-state index >= 15 is 0 Å². The van der Waals surface area contributed by atoms with Gasteiger partial charge in [0.05, 0.1) is 0 Å². The Kier molecular flexibility index (Phi) is 4.93. The summed E-state index contributed by atoms with van der Waals surface area (Å²) in [6, 6.07) is 25.1. The molecule has 32 heavy (non-hydrogen) atoms. The summed E-state index contributed by atoms with van der Waals surface area (Å²) in [4.78, 5) is 14.8. The second-order valence-corrected chi connectivity index (χ2v) is 9.86. The topological polar surface area (TPSA) is 38.7 Å². The summed E-state index contributed by atoms with van der Waals surface area (Å²) in [6.45, 7) is 0. The number of benzene rings is 3. The van der Waals surface area contributed by atoms with Crippen molar-refractivity contribution in [3.05, 3.63) is 95.3 Å². The van der Waals surface area contributed by atoms with Crippen LogP contribution in [-0.4, -0.2) is 15.0 Å². The van der Waals surface area contributed by atoms with E-state index in [2.05, 4.69) is 82.7 Å². The lowest BCUT2D eigenvalue weighted by molar-refractivity contribution is 0.974. The largest absolute Gasteiger partial charge is 0.209 e. The zero-order chi connectivity index (χ0) is 21.5. The number of hydrogen-bond donors (Lipinski definition) is 0. The van der Waals surface area contributed by atoms with Crippen LogP contribution in [0.3, 0.4) is 0 Å². The van der Waals surface area contributed by atoms with Gasteiger partial charge in [0.15, 0.2) is 17.5 Å². The van der Waals surface area contributed by atoms with E-state index in [0.717, 1.165) is 41.2 Å². The molecule has 3 aromatic carbocycles. The highest BCUT2D eigenvalue weighted by Crippen LogP contribution is 2.39. The quantitative estimate of drug-likeness (QED) is 0.254. The van der Waals surface area contributed by atoms with Crippen LogP contribution in [0.2, 0.25) is 0 Å². The van der Waals surface area contributed by atoms with Gasteiger partial charge >= 0.3 is 0 Å². The molecule has 0 spiro atoms. The van der Waals surface area contributed by atoms with E-state index in [1.54, 1.807) is 0 Å². The predicted molar refractivity (Wildman–Crippen MR) is 138 cm³/mol. The zero-order valence-corrected chi connectivity index (χ0v) is 19.5. The molecule has 0 N–H and O–H groups in total. The van der Waals surface area contributed by atoms with E-state index in [0.29, 0.717) is 5.82 Å². The van der Waals surface area contributed by atoms with Crippen LogP contribution < -0.4 is 0 Å². The van der Waals surface area contributed by atoms with Crippen LogP contribution in [0, 0.1) is 0 Å². The van der Waals surface area contributed by atoms with Crippen molar-refractivity contribution < 1.29 is 0 Å². The second kappa shape index (κ2) is 8.08. The van der Waals surface area contributed by atoms with Gasteiger partial charge < -0.3 is 0 Å². The number of hydrogen-bond acceptors (Lipinski definition) is 4. The number of allylic oxidation sites excluding steroid dienone is 4. The number of thiophene rings is 1. The smallest absolute Gasteiger partial charge is 0.164 e. The maximum Gasteiger partial charge on any atom is 0.164 e. The van der Waals surface area contributed by atoms with Crippen LogP contribution in [-0.2, 0) is 0 Å². The van der Waals surface area contributed by atoms with E-state index < -0.39 is 0 Å². The first kappa shape index (κ1) is 19.5. The van der Waals surface area contributed by atoms with Crippen LogP contribution >= 0.6 is 27.3 Å². The first-order valence-corrected chi connectivity index (χ1v) is 12.1. The van der Waals surface area contributed by atoms with Gasteiger partial charge in [-0.25, -0.2) is 15.0 Å². The Balaban J connectivity index is 1.62. The first-order chi connectivity index (χ1) is 15.8. The lowest BCUT2D eigenvalue weighted by Gasteiger charge is -2.13. The molecule has 0 unspecified atom stereocenters. The molecule has 0 saturated heterocycles. The van der Waals surface area contributed by atoms with E-state index in [4.69, 9.17) is 15.0 Å². The van der Waals surface area contributed by atoms with Crippen molar-refractivity contribution in [3.8, 4) is 22.8 Å². The van der Waals surface area contributed by atoms with Crippen molar-refractivity contribution in [3.63, 3.8) is 0 Å². The SMILES string of the molecule is BrC1=CC=C(c2nc(-c3ccccc3)nc(-c3cccc4sc5ccccc5c34)n2)CC1. The summed E-state index contributed by atoms with van der Waals surface area (Å²) in [7, 11) is 0. The van der Waals surface area contributed by atoms with E-state index in [9.17, 15) is 0 Å². The lowest BCUT2D eigenvalue weighted by Crippen LogP contribution is -2.04. The van der Waals surface area contributed by atoms with Gasteiger partial charge in [0.1, 0.15) is 0 Å². The minimum atomic E-state index is 0.705. The molecule has 0 aliphatic heterocycles. The van der Waals surface area contributed by atoms with Gasteiger partial charge in [-0.3, -0.25) is 0 Å². The maximum atomic E-state index is 4.98. The molecule has 5 aromatic rings. The van der Waals surface area contributed by atoms with Crippen LogP contribution in [0.1, 0.15) is 18.7 Å². The highest BCUT2D eigenvalue weighted by molar-refractivity contribution is 9.11. The van der Waals surface area contributed by atoms with E-state index in [-0.39, 0.29) is 0 Å². The monoisotopic (exact) mass is 495 g/mol. The van der Waals surface area contributed by atoms with Gasteiger partial charge in [-0.05, 0) is 35.0 Å². The molecule has 5 heteroatoms. The third kappa shape index (κ3) is 3.48. The molecule has 0 saturated carbocycles. The summed E-state index contributed by atoms with van der Waals surface area (Å²) in [5.74, 6) is 2.18. The molecule has 0 radical (unpaired) electrons. The first-order valence-electron chi connectivity index (χ1n) is 10.5. The average Bonchev–Trinajstić information content (AvgIpc) is 3.24. The fraction of sp³-hybridized carbons (Fsp3) is 0.0741. The second-order valence-electron chi connectivity index (χ2n) is 7.75. The van der Waals surface area contributed by atoms with Gasteiger partial charge in [0, 0.05) is 31.3 Å². The molecular weight excluding hydrogens is 478 g/mol. The molecule has 1 aliphatic rings. The molecule has 2 heterocycles. The van der Waals surface area contributed by atoms with Crippen LogP contribution in [0.5, 0.6) is 0 Å². The van der Waals surface area contributed by atoms with Crippen molar-refractivity contribution in [1.29, 1.82) is 0 Å². The van der Waals surface area contributed by atoms with Gasteiger partial charge in [-0.1, -0.05) is 88.7 Å². The molecule has 1 aliphatic carbocycles. The molecule has 0 atom stereocenters. The Morgan fingerprint density at radius 2 is 1.41 bits per heavy atom. The summed E-state index contributed by atoms with van der Waals surface area (Å²) >= 11 is 5.41. The van der Waals surface area contributed by atoms with E-state index in [1.807, 2.05) is 29.5 Å². The summed E-state index contributed by atoms with van der Waals surface area (Å²) < 4.78 is 3.72. The Labute approximate surface area is 198 Å². The summed E-state index contributed by atoms with van der Waals surface area (Å²) in [5, 5.41) is 2.46. The Morgan fingerprint density at radius 1 is 0.656 bits per heavy atom. The van der Waals surface area contributed by atoms with Crippen molar-refractivity contribution in [2.24, 2.45) is 0 Å². The highest BCUT2D eigenvalue weighted by atomic mass is 79.9. The Bertz CT molecular complexity index is 1530. The molecular formula is C27H18BrN3S. The van der Waals surface area contributed by atoms with Gasteiger partial charge in [0.25, 0.3) is 0 Å². The third-order valence-electron chi connectivity index (χ3n) is 5.70. The average molecular weight is 496 g/mol. The maximum absolute atomic E-state index is 4.98. The molecule has 2 aromatic heterocycles. The normalized spacial score (nSPS) is 13.9. The minimum Gasteiger partial charge on any atom is -0.209 e. The Morgan fingerprint density at radius 3 is 2.25 bits per heavy atom. The number of halogens is 1. The zero-order valence-electron chi connectivity index (χ0n) is 17.1. The molecule has 3 nitrogen and oxygen atoms in total. The van der Waals surface area contributed by atoms with Crippen molar-refractivity contribution >= 4 is 53.0 Å². The fourth-order valence-electron chi connectivity index (χ4n) is 4.12. The molecule has 154 valence electrons. The minimum absolute atomic E-state index is 0.705. The fourth-order valence-corrected chi connectivity index (χ4v) is 5.58. The van der Waals surface area contributed by atoms with Gasteiger partial charge in [0.2, 0.25) is 0 Å². The number of nitrogens with zero attached hydrogens (tertiary/aromatic N) is 3. The molecule has 6 rings (SSSR count). The number of fused-ring (bicyclic) bond motifs is 3. The Hall–Kier alpha value is -3.15. The van der Waals surface area contributed by atoms with Crippen molar-refractivity contribution in [1.82, 2.24) is 15.0 Å². The number of rotatable bonds is 3. The summed E-state index contributed by atoms with van der Waals surface area (Å²) in [5.41, 5.74) is 3.18. The predicted octanol–water partition coefficient (Wildman–Crippen LogP) is 8.03. The van der Waals surface area contributed by atoms with Gasteiger partial charge in [-0.15, -0.1) is 11.3 Å². The van der Waals surface area contributed by atoms with E-state index in [1.165, 1.54) is 24.7 Å². The number of aromatic nitrogens is 3. The standard InChI is InChI=1S/C27H18BrN3S/c28-19-15-13-18(14-16-19)26-29-25(17-7-2-1-3-8-17)30-27(31-26)21-10-6-12-23-24(21)20-9-4-5-11-22(20)32-23/h1-13,15H,14,16H2. The van der Waals surface area contributed by atoms with Crippen LogP contribution in [0.15, 0.2) is 89.4 Å². The van der Waals surface area contributed by atoms with Gasteiger partial charge in [-0.2, -0.15) is 0 Å². The highest BCUT2D eigenvalue weighted by Gasteiger charge is 2.18. The molecule has 0 amide bonds. The lowest BCUT2D eigenvalue weighted by atomic mass is 10.0. The summed E-state index contributed by atoms with van der Waals surface area (Å²) in [6.07, 6.45) is 6.07. The van der Waals surface area contributed by atoms with Crippen molar-refractivity contribution in [2.75, 3.05) is 0 Å². The van der Waals surface area contributed by atoms with Crippen LogP contribution in [0.25, 0.3) is 48.5 Å². The van der Waals surface area contributed by atoms with Crippen LogP contribution in [0.4, 0.5) is 0 Å².